The molecule has 39 heavy (non-hydrogen) atoms. The number of H-pyrrole nitrogens is 1. The molecule has 1 aliphatic rings. The zero-order chi connectivity index (χ0) is 26.8. The molecule has 1 aliphatic carbocycles. The van der Waals surface area contributed by atoms with Crippen molar-refractivity contribution in [2.24, 2.45) is 0 Å². The molecule has 1 fully saturated rings. The molecular formula is C30H31ClN6O2. The highest BCUT2D eigenvalue weighted by molar-refractivity contribution is 6.30. The Morgan fingerprint density at radius 1 is 1.08 bits per heavy atom. The van der Waals surface area contributed by atoms with Gasteiger partial charge in [-0.3, -0.25) is 9.69 Å². The maximum absolute atomic E-state index is 13.8. The second kappa shape index (κ2) is 11.2. The highest BCUT2D eigenvalue weighted by Crippen LogP contribution is 2.35. The van der Waals surface area contributed by atoms with Crippen LogP contribution in [0.5, 0.6) is 0 Å². The molecule has 0 bridgehead atoms. The molecule has 8 nitrogen and oxygen atoms in total. The third-order valence-corrected chi connectivity index (χ3v) is 7.93. The van der Waals surface area contributed by atoms with Crippen LogP contribution >= 0.6 is 11.6 Å². The number of nitrogens with one attached hydrogen (secondary N) is 1. The minimum absolute atomic E-state index is 0.154. The summed E-state index contributed by atoms with van der Waals surface area (Å²) in [6, 6.07) is 19.5. The molecule has 0 radical (unpaired) electrons. The number of aromatic nitrogens is 5. The maximum Gasteiger partial charge on any atom is 0.253 e. The van der Waals surface area contributed by atoms with Gasteiger partial charge in [0.2, 0.25) is 0 Å². The number of benzene rings is 2. The predicted octanol–water partition coefficient (Wildman–Crippen LogP) is 6.23. The summed E-state index contributed by atoms with van der Waals surface area (Å²) in [5, 5.41) is 14.8. The Balaban J connectivity index is 1.53. The molecule has 200 valence electrons. The lowest BCUT2D eigenvalue weighted by Crippen LogP contribution is -2.35. The van der Waals surface area contributed by atoms with Crippen LogP contribution in [-0.2, 0) is 19.5 Å². The van der Waals surface area contributed by atoms with Gasteiger partial charge in [0.05, 0.1) is 18.8 Å². The first-order chi connectivity index (χ1) is 19.1. The van der Waals surface area contributed by atoms with Gasteiger partial charge in [-0.05, 0) is 88.7 Å². The van der Waals surface area contributed by atoms with Crippen LogP contribution in [0.4, 0.5) is 0 Å². The summed E-state index contributed by atoms with van der Waals surface area (Å²) in [5.41, 5.74) is 3.52. The summed E-state index contributed by atoms with van der Waals surface area (Å²) in [6.07, 6.45) is 6.91. The molecule has 5 aromatic rings. The van der Waals surface area contributed by atoms with E-state index in [0.717, 1.165) is 54.3 Å². The molecule has 1 saturated carbocycles. The number of hydrogen-bond acceptors (Lipinski definition) is 6. The summed E-state index contributed by atoms with van der Waals surface area (Å²) in [6.45, 7) is 3.13. The number of hydrogen-bond donors (Lipinski definition) is 1. The Kier molecular flexibility index (Phi) is 7.30. The molecule has 2 aromatic carbocycles. The van der Waals surface area contributed by atoms with Crippen molar-refractivity contribution in [3.63, 3.8) is 0 Å². The molecule has 6 rings (SSSR count). The summed E-state index contributed by atoms with van der Waals surface area (Å²) in [4.78, 5) is 19.1. The number of aryl methyl sites for hydroxylation is 1. The monoisotopic (exact) mass is 542 g/mol. The lowest BCUT2D eigenvalue weighted by molar-refractivity contribution is 0.176. The van der Waals surface area contributed by atoms with Gasteiger partial charge in [0.25, 0.3) is 5.56 Å². The van der Waals surface area contributed by atoms with Gasteiger partial charge in [0.15, 0.2) is 5.82 Å². The third-order valence-electron chi connectivity index (χ3n) is 7.68. The normalized spacial score (nSPS) is 14.9. The lowest BCUT2D eigenvalue weighted by Gasteiger charge is -2.31. The zero-order valence-corrected chi connectivity index (χ0v) is 22.6. The summed E-state index contributed by atoms with van der Waals surface area (Å²) in [7, 11) is 0. The molecule has 0 aliphatic heterocycles. The predicted molar refractivity (Wildman–Crippen MR) is 151 cm³/mol. The number of rotatable bonds is 9. The van der Waals surface area contributed by atoms with Crippen molar-refractivity contribution in [2.45, 2.75) is 64.2 Å². The summed E-state index contributed by atoms with van der Waals surface area (Å²) < 4.78 is 7.72. The Hall–Kier alpha value is -3.75. The Morgan fingerprint density at radius 2 is 1.87 bits per heavy atom. The van der Waals surface area contributed by atoms with E-state index in [1.54, 1.807) is 6.26 Å². The summed E-state index contributed by atoms with van der Waals surface area (Å²) in [5.74, 6) is 1.46. The van der Waals surface area contributed by atoms with Crippen LogP contribution in [-0.4, -0.2) is 30.1 Å². The fourth-order valence-electron chi connectivity index (χ4n) is 5.65. The molecule has 9 heteroatoms. The van der Waals surface area contributed by atoms with Crippen molar-refractivity contribution in [1.29, 1.82) is 0 Å². The first kappa shape index (κ1) is 25.5. The van der Waals surface area contributed by atoms with Gasteiger partial charge >= 0.3 is 0 Å². The SMILES string of the molecule is CCc1ccc2[nH]c(=O)c([C@H](c3nnnn3C3CCCC3)N(Cc3ccc(Cl)cc3)Cc3ccco3)cc2c1. The number of furan rings is 1. The van der Waals surface area contributed by atoms with E-state index in [9.17, 15) is 4.79 Å². The number of nitrogens with zero attached hydrogens (tertiary/aromatic N) is 5. The van der Waals surface area contributed by atoms with E-state index in [4.69, 9.17) is 16.0 Å². The van der Waals surface area contributed by atoms with E-state index in [0.29, 0.717) is 29.5 Å². The topological polar surface area (TPSA) is 92.8 Å². The first-order valence-corrected chi connectivity index (χ1v) is 13.9. The van der Waals surface area contributed by atoms with Crippen molar-refractivity contribution in [2.75, 3.05) is 0 Å². The van der Waals surface area contributed by atoms with E-state index < -0.39 is 6.04 Å². The van der Waals surface area contributed by atoms with Crippen LogP contribution in [0.15, 0.2) is 76.1 Å². The van der Waals surface area contributed by atoms with Crippen LogP contribution in [0.2, 0.25) is 5.02 Å². The largest absolute Gasteiger partial charge is 0.468 e. The van der Waals surface area contributed by atoms with Gasteiger partial charge in [-0.2, -0.15) is 0 Å². The standard InChI is InChI=1S/C30H31ClN6O2/c1-2-20-11-14-27-22(16-20)17-26(30(38)32-27)28(29-33-34-35-37(29)24-6-3-4-7-24)36(19-25-8-5-15-39-25)18-21-9-12-23(31)13-10-21/h5,8-17,24,28H,2-4,6-7,18-19H2,1H3,(H,32,38)/t28-/m1/s1. The van der Waals surface area contributed by atoms with Crippen LogP contribution in [0.25, 0.3) is 10.9 Å². The molecule has 0 amide bonds. The molecule has 0 unspecified atom stereocenters. The number of tetrazole rings is 1. The molecule has 0 spiro atoms. The quantitative estimate of drug-likeness (QED) is 0.237. The fraction of sp³-hybridized carbons (Fsp3) is 0.333. The van der Waals surface area contributed by atoms with Crippen LogP contribution < -0.4 is 5.56 Å². The second-order valence-electron chi connectivity index (χ2n) is 10.3. The fourth-order valence-corrected chi connectivity index (χ4v) is 5.78. The van der Waals surface area contributed by atoms with E-state index in [1.807, 2.05) is 53.2 Å². The van der Waals surface area contributed by atoms with E-state index in [1.165, 1.54) is 5.56 Å². The maximum atomic E-state index is 13.8. The molecule has 3 heterocycles. The molecule has 0 saturated heterocycles. The minimum atomic E-state index is -0.514. The Morgan fingerprint density at radius 3 is 2.62 bits per heavy atom. The van der Waals surface area contributed by atoms with Gasteiger partial charge in [-0.1, -0.05) is 49.6 Å². The van der Waals surface area contributed by atoms with Crippen molar-refractivity contribution in [1.82, 2.24) is 30.1 Å². The molecule has 1 N–H and O–H groups in total. The van der Waals surface area contributed by atoms with E-state index in [2.05, 4.69) is 44.5 Å². The van der Waals surface area contributed by atoms with Gasteiger partial charge in [0.1, 0.15) is 11.8 Å². The van der Waals surface area contributed by atoms with Crippen molar-refractivity contribution < 1.29 is 4.42 Å². The summed E-state index contributed by atoms with van der Waals surface area (Å²) >= 11 is 6.19. The number of fused-ring (bicyclic) bond motifs is 1. The Labute approximate surface area is 231 Å². The van der Waals surface area contributed by atoms with Crippen LogP contribution in [0, 0.1) is 0 Å². The highest BCUT2D eigenvalue weighted by Gasteiger charge is 2.34. The average molecular weight is 543 g/mol. The third kappa shape index (κ3) is 5.40. The minimum Gasteiger partial charge on any atom is -0.468 e. The van der Waals surface area contributed by atoms with E-state index >= 15 is 0 Å². The number of halogens is 1. The van der Waals surface area contributed by atoms with Crippen LogP contribution in [0.3, 0.4) is 0 Å². The molecule has 1 atom stereocenters. The van der Waals surface area contributed by atoms with Gasteiger partial charge < -0.3 is 9.40 Å². The smallest absolute Gasteiger partial charge is 0.253 e. The number of pyridine rings is 1. The molecular weight excluding hydrogens is 512 g/mol. The molecule has 3 aromatic heterocycles. The van der Waals surface area contributed by atoms with Gasteiger partial charge in [-0.15, -0.1) is 5.10 Å². The van der Waals surface area contributed by atoms with Gasteiger partial charge in [0, 0.05) is 22.6 Å². The van der Waals surface area contributed by atoms with Crippen molar-refractivity contribution in [3.8, 4) is 0 Å². The first-order valence-electron chi connectivity index (χ1n) is 13.5. The Bertz CT molecular complexity index is 1600. The van der Waals surface area contributed by atoms with E-state index in [-0.39, 0.29) is 11.6 Å². The van der Waals surface area contributed by atoms with Crippen LogP contribution in [0.1, 0.15) is 73.0 Å². The second-order valence-corrected chi connectivity index (χ2v) is 10.7. The average Bonchev–Trinajstić information content (AvgIpc) is 3.73. The zero-order valence-electron chi connectivity index (χ0n) is 21.9. The van der Waals surface area contributed by atoms with Gasteiger partial charge in [-0.25, -0.2) is 4.68 Å². The lowest BCUT2D eigenvalue weighted by atomic mass is 10.0. The highest BCUT2D eigenvalue weighted by atomic mass is 35.5. The van der Waals surface area contributed by atoms with Crippen molar-refractivity contribution >= 4 is 22.5 Å². The van der Waals surface area contributed by atoms with Crippen molar-refractivity contribution in [3.05, 3.63) is 111 Å². The number of aromatic amines is 1.